The molecule has 0 aliphatic rings. The van der Waals surface area contributed by atoms with Crippen LogP contribution in [-0.2, 0) is 14.4 Å². The molecule has 0 radical (unpaired) electrons. The molecule has 38 heavy (non-hydrogen) atoms. The van der Waals surface area contributed by atoms with Crippen molar-refractivity contribution in [1.29, 1.82) is 0 Å². The molecule has 9 heteroatoms. The van der Waals surface area contributed by atoms with Crippen LogP contribution in [0.2, 0.25) is 0 Å². The lowest BCUT2D eigenvalue weighted by Crippen LogP contribution is -2.62. The zero-order valence-corrected chi connectivity index (χ0v) is 27.1. The molecule has 0 aromatic heterocycles. The molecule has 3 atom stereocenters. The van der Waals surface area contributed by atoms with Crippen molar-refractivity contribution in [2.24, 2.45) is 5.41 Å². The minimum Gasteiger partial charge on any atom is -0.353 e. The number of rotatable bonds is 12. The zero-order valence-electron chi connectivity index (χ0n) is 27.1. The van der Waals surface area contributed by atoms with Gasteiger partial charge >= 0.3 is 0 Å². The molecule has 6 N–H and O–H groups in total. The van der Waals surface area contributed by atoms with Crippen LogP contribution in [0.25, 0.3) is 0 Å². The molecule has 0 saturated heterocycles. The van der Waals surface area contributed by atoms with E-state index in [2.05, 4.69) is 52.7 Å². The van der Waals surface area contributed by atoms with Crippen LogP contribution < -0.4 is 31.9 Å². The Morgan fingerprint density at radius 1 is 0.474 bits per heavy atom. The predicted molar refractivity (Wildman–Crippen MR) is 158 cm³/mol. The second-order valence-corrected chi connectivity index (χ2v) is 15.6. The highest BCUT2D eigenvalue weighted by molar-refractivity contribution is 5.90. The van der Waals surface area contributed by atoms with E-state index in [1.54, 1.807) is 0 Å². The summed E-state index contributed by atoms with van der Waals surface area (Å²) < 4.78 is 0. The van der Waals surface area contributed by atoms with Gasteiger partial charge < -0.3 is 26.6 Å². The van der Waals surface area contributed by atoms with Crippen molar-refractivity contribution in [3.8, 4) is 0 Å². The van der Waals surface area contributed by atoms with E-state index in [9.17, 15) is 14.4 Å². The van der Waals surface area contributed by atoms with E-state index in [0.29, 0.717) is 6.54 Å². The number of Topliss-reactive ketones (excluding diaryl/α,β-unsaturated/α-hetero) is 1. The molecule has 9 nitrogen and oxygen atoms in total. The molecule has 0 fully saturated rings. The van der Waals surface area contributed by atoms with Crippen molar-refractivity contribution in [2.75, 3.05) is 19.6 Å². The van der Waals surface area contributed by atoms with Gasteiger partial charge in [-0.05, 0) is 83.1 Å². The molecule has 0 aliphatic carbocycles. The fraction of sp³-hybridized carbons (Fsp3) is 0.897. The van der Waals surface area contributed by atoms with E-state index in [1.807, 2.05) is 83.1 Å². The SMILES string of the molecule is CC(C)(C)NCC(NC(C)(C)C)C(=O)NCC(NC(C)(C)C)C(=O)NCC(NC(C)(C)C)C(=O)C(C)(C)C. The van der Waals surface area contributed by atoms with Gasteiger partial charge in [-0.1, -0.05) is 20.8 Å². The van der Waals surface area contributed by atoms with Gasteiger partial charge in [-0.3, -0.25) is 19.7 Å². The third-order valence-electron chi connectivity index (χ3n) is 5.31. The Labute approximate surface area is 233 Å². The summed E-state index contributed by atoms with van der Waals surface area (Å²) >= 11 is 0. The van der Waals surface area contributed by atoms with Crippen molar-refractivity contribution in [3.63, 3.8) is 0 Å². The van der Waals surface area contributed by atoms with Crippen LogP contribution in [0.3, 0.4) is 0 Å². The third kappa shape index (κ3) is 17.1. The van der Waals surface area contributed by atoms with Crippen LogP contribution in [0.1, 0.15) is 104 Å². The number of hydrogen-bond donors (Lipinski definition) is 6. The number of amides is 2. The van der Waals surface area contributed by atoms with Crippen LogP contribution in [0.15, 0.2) is 0 Å². The summed E-state index contributed by atoms with van der Waals surface area (Å²) in [5, 5.41) is 19.4. The summed E-state index contributed by atoms with van der Waals surface area (Å²) in [7, 11) is 0. The maximum atomic E-state index is 13.3. The van der Waals surface area contributed by atoms with E-state index < -0.39 is 23.5 Å². The highest BCUT2D eigenvalue weighted by Gasteiger charge is 2.34. The maximum absolute atomic E-state index is 13.3. The number of carbonyl (C=O) groups excluding carboxylic acids is 3. The molecule has 0 rings (SSSR count). The Bertz CT molecular complexity index is 777. The van der Waals surface area contributed by atoms with E-state index in [4.69, 9.17) is 0 Å². The van der Waals surface area contributed by atoms with E-state index >= 15 is 0 Å². The number of carbonyl (C=O) groups is 3. The van der Waals surface area contributed by atoms with Crippen molar-refractivity contribution < 1.29 is 14.4 Å². The smallest absolute Gasteiger partial charge is 0.239 e. The van der Waals surface area contributed by atoms with Gasteiger partial charge in [0.2, 0.25) is 11.8 Å². The van der Waals surface area contributed by atoms with Gasteiger partial charge in [0.15, 0.2) is 5.78 Å². The molecule has 0 aromatic rings. The third-order valence-corrected chi connectivity index (χ3v) is 5.31. The standard InChI is InChI=1S/C29H60N6O3/c1-25(2,3)22(36)19(33-27(7,8)9)16-30-23(37)20(34-28(10,11)12)17-31-24(38)21(35-29(13,14)15)18-32-26(4,5)6/h19-21,32-35H,16-18H2,1-15H3,(H,30,37)(H,31,38). The molecule has 3 unspecified atom stereocenters. The van der Waals surface area contributed by atoms with E-state index in [0.717, 1.165) is 0 Å². The molecular weight excluding hydrogens is 480 g/mol. The lowest BCUT2D eigenvalue weighted by molar-refractivity contribution is -0.129. The van der Waals surface area contributed by atoms with Crippen LogP contribution >= 0.6 is 0 Å². The maximum Gasteiger partial charge on any atom is 0.239 e. The fourth-order valence-corrected chi connectivity index (χ4v) is 3.78. The monoisotopic (exact) mass is 540 g/mol. The molecular formula is C29H60N6O3. The Morgan fingerprint density at radius 3 is 1.11 bits per heavy atom. The lowest BCUT2D eigenvalue weighted by Gasteiger charge is -2.33. The first kappa shape index (κ1) is 36.5. The molecule has 0 saturated carbocycles. The van der Waals surface area contributed by atoms with Gasteiger partial charge in [-0.25, -0.2) is 0 Å². The molecule has 0 aromatic carbocycles. The zero-order chi connectivity index (χ0) is 30.3. The van der Waals surface area contributed by atoms with Gasteiger partial charge in [-0.2, -0.15) is 0 Å². The normalized spacial score (nSPS) is 16.0. The molecule has 0 aliphatic heterocycles. The van der Waals surface area contributed by atoms with Crippen LogP contribution in [0.4, 0.5) is 0 Å². The largest absolute Gasteiger partial charge is 0.353 e. The number of hydrogen-bond acceptors (Lipinski definition) is 7. The second kappa shape index (κ2) is 13.7. The lowest BCUT2D eigenvalue weighted by atomic mass is 9.85. The van der Waals surface area contributed by atoms with Gasteiger partial charge in [0.1, 0.15) is 6.04 Å². The average Bonchev–Trinajstić information content (AvgIpc) is 2.66. The van der Waals surface area contributed by atoms with Gasteiger partial charge in [0.25, 0.3) is 0 Å². The number of nitrogens with one attached hydrogen (secondary N) is 6. The quantitative estimate of drug-likeness (QED) is 0.225. The van der Waals surface area contributed by atoms with E-state index in [1.165, 1.54) is 0 Å². The average molecular weight is 541 g/mol. The molecule has 0 spiro atoms. The van der Waals surface area contributed by atoms with Crippen molar-refractivity contribution in [2.45, 2.75) is 144 Å². The summed E-state index contributed by atoms with van der Waals surface area (Å²) in [6.07, 6.45) is 0. The molecule has 224 valence electrons. The molecule has 2 amide bonds. The second-order valence-electron chi connectivity index (χ2n) is 15.6. The summed E-state index contributed by atoms with van der Waals surface area (Å²) in [6.45, 7) is 30.5. The minimum absolute atomic E-state index is 0.0313. The van der Waals surface area contributed by atoms with E-state index in [-0.39, 0.29) is 52.8 Å². The Kier molecular flexibility index (Phi) is 13.1. The Morgan fingerprint density at radius 2 is 0.789 bits per heavy atom. The minimum atomic E-state index is -0.676. The summed E-state index contributed by atoms with van der Waals surface area (Å²) in [4.78, 5) is 39.7. The van der Waals surface area contributed by atoms with Crippen LogP contribution in [0, 0.1) is 5.41 Å². The summed E-state index contributed by atoms with van der Waals surface area (Å²) in [5.41, 5.74) is -1.63. The van der Waals surface area contributed by atoms with Gasteiger partial charge in [-0.15, -0.1) is 0 Å². The Balaban J connectivity index is 5.60. The highest BCUT2D eigenvalue weighted by atomic mass is 16.2. The highest BCUT2D eigenvalue weighted by Crippen LogP contribution is 2.18. The fourth-order valence-electron chi connectivity index (χ4n) is 3.78. The first-order valence-corrected chi connectivity index (χ1v) is 13.9. The van der Waals surface area contributed by atoms with Crippen molar-refractivity contribution in [1.82, 2.24) is 31.9 Å². The van der Waals surface area contributed by atoms with Crippen LogP contribution in [0.5, 0.6) is 0 Å². The number of ketones is 1. The first-order chi connectivity index (χ1) is 16.7. The Hall–Kier alpha value is -1.55. The molecule has 0 bridgehead atoms. The first-order valence-electron chi connectivity index (χ1n) is 13.9. The van der Waals surface area contributed by atoms with Gasteiger partial charge in [0.05, 0.1) is 12.1 Å². The van der Waals surface area contributed by atoms with Crippen molar-refractivity contribution >= 4 is 17.6 Å². The summed E-state index contributed by atoms with van der Waals surface area (Å²) in [5.74, 6) is -0.417. The predicted octanol–water partition coefficient (Wildman–Crippen LogP) is 2.49. The van der Waals surface area contributed by atoms with Gasteiger partial charge in [0, 0.05) is 47.2 Å². The van der Waals surface area contributed by atoms with Crippen molar-refractivity contribution in [3.05, 3.63) is 0 Å². The summed E-state index contributed by atoms with van der Waals surface area (Å²) in [6, 6.07) is -1.69. The van der Waals surface area contributed by atoms with Crippen LogP contribution in [-0.4, -0.2) is 77.5 Å². The molecule has 0 heterocycles. The topological polar surface area (TPSA) is 123 Å².